The van der Waals surface area contributed by atoms with Gasteiger partial charge in [-0.2, -0.15) is 0 Å². The van der Waals surface area contributed by atoms with E-state index in [9.17, 15) is 25.1 Å². The third-order valence-corrected chi connectivity index (χ3v) is 2.30. The average molecular weight is 257 g/mol. The first-order chi connectivity index (χ1) is 8.38. The maximum Gasteiger partial charge on any atom is 0.335 e. The lowest BCUT2D eigenvalue weighted by atomic mass is 10.0. The summed E-state index contributed by atoms with van der Waals surface area (Å²) in [6.45, 7) is 0. The van der Waals surface area contributed by atoms with Gasteiger partial charge in [0, 0.05) is 11.6 Å². The van der Waals surface area contributed by atoms with Crippen LogP contribution in [0, 0.1) is 10.1 Å². The third-order valence-electron chi connectivity index (χ3n) is 2.30. The van der Waals surface area contributed by atoms with E-state index in [4.69, 9.17) is 9.84 Å². The number of non-ortho nitro benzene ring substituents is 1. The van der Waals surface area contributed by atoms with Crippen LogP contribution in [0.2, 0.25) is 0 Å². The van der Waals surface area contributed by atoms with Crippen molar-refractivity contribution in [2.24, 2.45) is 0 Å². The van der Waals surface area contributed by atoms with Crippen LogP contribution in [0.25, 0.3) is 0 Å². The second kappa shape index (κ2) is 5.43. The molecule has 0 heterocycles. The van der Waals surface area contributed by atoms with E-state index in [1.54, 1.807) is 0 Å². The van der Waals surface area contributed by atoms with Gasteiger partial charge >= 0.3 is 5.97 Å². The molecule has 2 atom stereocenters. The maximum absolute atomic E-state index is 10.5. The molecule has 0 saturated carbocycles. The van der Waals surface area contributed by atoms with Crippen molar-refractivity contribution in [1.29, 1.82) is 0 Å². The summed E-state index contributed by atoms with van der Waals surface area (Å²) in [6, 6.07) is 3.25. The smallest absolute Gasteiger partial charge is 0.335 e. The minimum absolute atomic E-state index is 0.0435. The zero-order valence-electron chi connectivity index (χ0n) is 9.31. The molecular formula is C10H11NO7. The largest absolute Gasteiger partial charge is 0.496 e. The van der Waals surface area contributed by atoms with Gasteiger partial charge in [0.05, 0.1) is 18.1 Å². The highest BCUT2D eigenvalue weighted by Gasteiger charge is 2.28. The third kappa shape index (κ3) is 2.73. The summed E-state index contributed by atoms with van der Waals surface area (Å²) >= 11 is 0. The minimum Gasteiger partial charge on any atom is -0.496 e. The van der Waals surface area contributed by atoms with Crippen LogP contribution in [0.1, 0.15) is 11.7 Å². The molecule has 18 heavy (non-hydrogen) atoms. The lowest BCUT2D eigenvalue weighted by Gasteiger charge is -2.16. The Balaban J connectivity index is 3.16. The minimum atomic E-state index is -2.04. The summed E-state index contributed by atoms with van der Waals surface area (Å²) in [5, 5.41) is 37.9. The second-order valence-electron chi connectivity index (χ2n) is 3.41. The molecule has 1 aromatic rings. The molecule has 0 spiro atoms. The van der Waals surface area contributed by atoms with Crippen LogP contribution in [0.3, 0.4) is 0 Å². The summed E-state index contributed by atoms with van der Waals surface area (Å²) in [7, 11) is 1.21. The molecule has 0 aliphatic heterocycles. The number of hydrogen-bond donors (Lipinski definition) is 3. The molecule has 1 aromatic carbocycles. The molecule has 3 N–H and O–H groups in total. The van der Waals surface area contributed by atoms with Gasteiger partial charge in [0.2, 0.25) is 0 Å². The van der Waals surface area contributed by atoms with Gasteiger partial charge in [-0.05, 0) is 6.07 Å². The number of nitro groups is 1. The van der Waals surface area contributed by atoms with Crippen molar-refractivity contribution in [3.05, 3.63) is 33.9 Å². The van der Waals surface area contributed by atoms with Gasteiger partial charge in [-0.1, -0.05) is 0 Å². The van der Waals surface area contributed by atoms with Crippen molar-refractivity contribution in [2.45, 2.75) is 12.2 Å². The molecule has 8 heteroatoms. The number of hydrogen-bond acceptors (Lipinski definition) is 6. The Labute approximate surface area is 101 Å². The second-order valence-corrected chi connectivity index (χ2v) is 3.41. The predicted octanol–water partition coefficient (Wildman–Crippen LogP) is 0.0823. The zero-order chi connectivity index (χ0) is 13.9. The van der Waals surface area contributed by atoms with Crippen molar-refractivity contribution in [1.82, 2.24) is 0 Å². The van der Waals surface area contributed by atoms with Crippen LogP contribution in [-0.2, 0) is 4.79 Å². The summed E-state index contributed by atoms with van der Waals surface area (Å²) in [5.41, 5.74) is -0.314. The summed E-state index contributed by atoms with van der Waals surface area (Å²) in [6.07, 6.45) is -3.78. The van der Waals surface area contributed by atoms with Gasteiger partial charge < -0.3 is 20.1 Å². The number of nitro benzene ring substituents is 1. The van der Waals surface area contributed by atoms with Crippen molar-refractivity contribution in [3.63, 3.8) is 0 Å². The molecule has 0 bridgehead atoms. The van der Waals surface area contributed by atoms with Crippen LogP contribution in [0.15, 0.2) is 18.2 Å². The highest BCUT2D eigenvalue weighted by molar-refractivity contribution is 5.73. The van der Waals surface area contributed by atoms with Gasteiger partial charge in [0.15, 0.2) is 6.10 Å². The fourth-order valence-corrected chi connectivity index (χ4v) is 1.36. The van der Waals surface area contributed by atoms with E-state index in [1.165, 1.54) is 7.11 Å². The van der Waals surface area contributed by atoms with Gasteiger partial charge in [0.1, 0.15) is 11.9 Å². The molecule has 0 aromatic heterocycles. The lowest BCUT2D eigenvalue weighted by Crippen LogP contribution is -2.27. The summed E-state index contributed by atoms with van der Waals surface area (Å²) < 4.78 is 4.82. The Morgan fingerprint density at radius 3 is 2.50 bits per heavy atom. The molecule has 0 aliphatic rings. The van der Waals surface area contributed by atoms with Crippen LogP contribution in [-0.4, -0.2) is 39.4 Å². The highest BCUT2D eigenvalue weighted by atomic mass is 16.6. The highest BCUT2D eigenvalue weighted by Crippen LogP contribution is 2.31. The fourth-order valence-electron chi connectivity index (χ4n) is 1.36. The molecule has 0 fully saturated rings. The Hall–Kier alpha value is -2.19. The molecule has 98 valence electrons. The molecule has 0 saturated heterocycles. The molecule has 2 unspecified atom stereocenters. The first-order valence-electron chi connectivity index (χ1n) is 4.79. The van der Waals surface area contributed by atoms with E-state index in [0.29, 0.717) is 0 Å². The number of aliphatic hydroxyl groups is 2. The average Bonchev–Trinajstić information content (AvgIpc) is 2.35. The molecular weight excluding hydrogens is 246 g/mol. The molecule has 1 rings (SSSR count). The van der Waals surface area contributed by atoms with E-state index < -0.39 is 23.1 Å². The van der Waals surface area contributed by atoms with E-state index in [2.05, 4.69) is 0 Å². The first kappa shape index (κ1) is 13.9. The van der Waals surface area contributed by atoms with Crippen LogP contribution >= 0.6 is 0 Å². The van der Waals surface area contributed by atoms with E-state index in [1.807, 2.05) is 0 Å². The monoisotopic (exact) mass is 257 g/mol. The van der Waals surface area contributed by atoms with Crippen LogP contribution in [0.5, 0.6) is 5.75 Å². The maximum atomic E-state index is 10.5. The van der Waals surface area contributed by atoms with Gasteiger partial charge in [-0.15, -0.1) is 0 Å². The normalized spacial score (nSPS) is 13.7. The van der Waals surface area contributed by atoms with E-state index in [0.717, 1.165) is 18.2 Å². The Morgan fingerprint density at radius 1 is 1.44 bits per heavy atom. The number of nitrogens with zero attached hydrogens (tertiary/aromatic N) is 1. The fraction of sp³-hybridized carbons (Fsp3) is 0.300. The number of carbonyl (C=O) groups is 1. The topological polar surface area (TPSA) is 130 Å². The van der Waals surface area contributed by atoms with E-state index >= 15 is 0 Å². The molecule has 0 amide bonds. The SMILES string of the molecule is COc1cc([N+](=O)[O-])ccc1C(O)C(O)C(=O)O. The molecule has 0 radical (unpaired) electrons. The number of aliphatic hydroxyl groups excluding tert-OH is 2. The van der Waals surface area contributed by atoms with Crippen LogP contribution in [0.4, 0.5) is 5.69 Å². The number of ether oxygens (including phenoxy) is 1. The summed E-state index contributed by atoms with van der Waals surface area (Å²) in [4.78, 5) is 20.4. The van der Waals surface area contributed by atoms with Gasteiger partial charge in [-0.25, -0.2) is 4.79 Å². The van der Waals surface area contributed by atoms with Crippen molar-refractivity contribution >= 4 is 11.7 Å². The number of carboxylic acid groups (broad SMARTS) is 1. The number of aliphatic carboxylic acids is 1. The standard InChI is InChI=1S/C10H11NO7/c1-18-7-4-5(11(16)17)2-3-6(7)8(12)9(13)10(14)15/h2-4,8-9,12-13H,1H3,(H,14,15). The number of rotatable bonds is 5. The number of methoxy groups -OCH3 is 1. The van der Waals surface area contributed by atoms with Crippen LogP contribution < -0.4 is 4.74 Å². The first-order valence-corrected chi connectivity index (χ1v) is 4.79. The Morgan fingerprint density at radius 2 is 2.06 bits per heavy atom. The Kier molecular flexibility index (Phi) is 4.18. The molecule has 0 aliphatic carbocycles. The van der Waals surface area contributed by atoms with Gasteiger partial charge in [-0.3, -0.25) is 10.1 Å². The summed E-state index contributed by atoms with van der Waals surface area (Å²) in [5.74, 6) is -1.68. The van der Waals surface area contributed by atoms with Gasteiger partial charge in [0.25, 0.3) is 5.69 Å². The van der Waals surface area contributed by atoms with Crippen molar-refractivity contribution in [3.8, 4) is 5.75 Å². The zero-order valence-corrected chi connectivity index (χ0v) is 9.31. The number of carboxylic acids is 1. The predicted molar refractivity (Wildman–Crippen MR) is 58.3 cm³/mol. The van der Waals surface area contributed by atoms with E-state index in [-0.39, 0.29) is 17.0 Å². The quantitative estimate of drug-likeness (QED) is 0.503. The number of benzene rings is 1. The lowest BCUT2D eigenvalue weighted by molar-refractivity contribution is -0.385. The van der Waals surface area contributed by atoms with Crippen molar-refractivity contribution < 1.29 is 29.8 Å². The Bertz CT molecular complexity index is 473. The molecule has 8 nitrogen and oxygen atoms in total. The van der Waals surface area contributed by atoms with Crippen molar-refractivity contribution in [2.75, 3.05) is 7.11 Å².